The molecule has 1 rings (SSSR count). The van der Waals surface area contributed by atoms with E-state index < -0.39 is 0 Å². The lowest BCUT2D eigenvalue weighted by Crippen LogP contribution is -2.05. The van der Waals surface area contributed by atoms with Crippen LogP contribution in [0.1, 0.15) is 0 Å². The van der Waals surface area contributed by atoms with Crippen LogP contribution < -0.4 is 5.01 Å². The summed E-state index contributed by atoms with van der Waals surface area (Å²) in [5.74, 6) is 0. The molecule has 0 aromatic carbocycles. The topological polar surface area (TPSA) is 64.9 Å². The quantitative estimate of drug-likeness (QED) is 0.283. The molecule has 0 aliphatic rings. The lowest BCUT2D eigenvalue weighted by Gasteiger charge is -1.98. The van der Waals surface area contributed by atoms with E-state index in [0.717, 1.165) is 0 Å². The Morgan fingerprint density at radius 2 is 2.70 bits per heavy atom. The Balaban J connectivity index is 2.76. The van der Waals surface area contributed by atoms with Crippen molar-refractivity contribution in [1.82, 2.24) is 4.98 Å². The SMILES string of the molecule is CN(N=[N+]=[N-])c1nccs1. The molecule has 1 aromatic rings. The molecule has 0 unspecified atom stereocenters. The van der Waals surface area contributed by atoms with Crippen LogP contribution in [0.15, 0.2) is 16.8 Å². The maximum atomic E-state index is 8.03. The summed E-state index contributed by atoms with van der Waals surface area (Å²) in [6.07, 6.45) is 1.66. The zero-order valence-electron chi connectivity index (χ0n) is 5.30. The second-order valence-corrected chi connectivity index (χ2v) is 2.39. The van der Waals surface area contributed by atoms with E-state index >= 15 is 0 Å². The van der Waals surface area contributed by atoms with E-state index in [4.69, 9.17) is 5.53 Å². The summed E-state index contributed by atoms with van der Waals surface area (Å²) in [4.78, 5) is 6.52. The minimum atomic E-state index is 0.692. The number of rotatable bonds is 2. The Hall–Kier alpha value is -1.26. The van der Waals surface area contributed by atoms with Crippen molar-refractivity contribution in [1.29, 1.82) is 0 Å². The highest BCUT2D eigenvalue weighted by Gasteiger charge is 2.02. The van der Waals surface area contributed by atoms with Crippen LogP contribution in [0.2, 0.25) is 0 Å². The minimum Gasteiger partial charge on any atom is -0.207 e. The lowest BCUT2D eigenvalue weighted by molar-refractivity contribution is 0.985. The third kappa shape index (κ3) is 1.37. The molecule has 1 aromatic heterocycles. The summed E-state index contributed by atoms with van der Waals surface area (Å²) in [6.45, 7) is 0. The Morgan fingerprint density at radius 3 is 3.20 bits per heavy atom. The van der Waals surface area contributed by atoms with Crippen LogP contribution in [0.5, 0.6) is 0 Å². The van der Waals surface area contributed by atoms with E-state index in [1.54, 1.807) is 13.2 Å². The fraction of sp³-hybridized carbons (Fsp3) is 0.250. The van der Waals surface area contributed by atoms with E-state index in [-0.39, 0.29) is 0 Å². The number of azide groups is 1. The molecule has 0 fully saturated rings. The first-order valence-corrected chi connectivity index (χ1v) is 3.41. The predicted molar refractivity (Wildman–Crippen MR) is 39.7 cm³/mol. The molecule has 0 saturated heterocycles. The predicted octanol–water partition coefficient (Wildman–Crippen LogP) is 1.80. The average Bonchev–Trinajstić information content (AvgIpc) is 2.38. The maximum Gasteiger partial charge on any atom is 0.282 e. The van der Waals surface area contributed by atoms with Gasteiger partial charge in [0.2, 0.25) is 0 Å². The highest BCUT2D eigenvalue weighted by molar-refractivity contribution is 7.13. The largest absolute Gasteiger partial charge is 0.282 e. The molecule has 0 bridgehead atoms. The van der Waals surface area contributed by atoms with E-state index in [1.165, 1.54) is 16.3 Å². The van der Waals surface area contributed by atoms with Gasteiger partial charge in [0.15, 0.2) is 0 Å². The lowest BCUT2D eigenvalue weighted by atomic mass is 11.0. The molecule has 10 heavy (non-hydrogen) atoms. The van der Waals surface area contributed by atoms with E-state index in [2.05, 4.69) is 15.1 Å². The second-order valence-electron chi connectivity index (χ2n) is 1.52. The van der Waals surface area contributed by atoms with Gasteiger partial charge >= 0.3 is 0 Å². The molecule has 0 atom stereocenters. The van der Waals surface area contributed by atoms with Crippen molar-refractivity contribution in [3.05, 3.63) is 22.0 Å². The van der Waals surface area contributed by atoms with Gasteiger partial charge in [-0.3, -0.25) is 0 Å². The molecule has 0 radical (unpaired) electrons. The standard InChI is InChI=1S/C4H5N5S/c1-9(8-7-5)4-6-2-3-10-4/h2-3H,1H3. The maximum absolute atomic E-state index is 8.03. The summed E-state index contributed by atoms with van der Waals surface area (Å²) in [5.41, 5.74) is 8.03. The van der Waals surface area contributed by atoms with E-state index in [1.807, 2.05) is 5.38 Å². The zero-order chi connectivity index (χ0) is 7.40. The van der Waals surface area contributed by atoms with Gasteiger partial charge in [0, 0.05) is 11.6 Å². The fourth-order valence-electron chi connectivity index (χ4n) is 0.474. The van der Waals surface area contributed by atoms with Crippen molar-refractivity contribution in [2.75, 3.05) is 12.1 Å². The van der Waals surface area contributed by atoms with Crippen LogP contribution in [0, 0.1) is 0 Å². The molecular formula is C4H5N5S. The van der Waals surface area contributed by atoms with Crippen LogP contribution in [0.4, 0.5) is 5.13 Å². The minimum absolute atomic E-state index is 0.692. The summed E-state index contributed by atoms with van der Waals surface area (Å²) in [6, 6.07) is 0. The van der Waals surface area contributed by atoms with Crippen molar-refractivity contribution in [3.8, 4) is 0 Å². The molecule has 0 N–H and O–H groups in total. The second kappa shape index (κ2) is 3.05. The number of hydrogen-bond donors (Lipinski definition) is 0. The van der Waals surface area contributed by atoms with Crippen LogP contribution in [0.25, 0.3) is 10.4 Å². The van der Waals surface area contributed by atoms with Gasteiger partial charge in [0.25, 0.3) is 5.13 Å². The number of anilines is 1. The molecule has 1 heterocycles. The molecule has 0 aliphatic carbocycles. The highest BCUT2D eigenvalue weighted by Crippen LogP contribution is 2.14. The summed E-state index contributed by atoms with van der Waals surface area (Å²) in [5, 5.41) is 7.22. The van der Waals surface area contributed by atoms with E-state index in [9.17, 15) is 0 Å². The van der Waals surface area contributed by atoms with Crippen molar-refractivity contribution < 1.29 is 0 Å². The Morgan fingerprint density at radius 1 is 1.90 bits per heavy atom. The molecule has 52 valence electrons. The van der Waals surface area contributed by atoms with Crippen LogP contribution in [0.3, 0.4) is 0 Å². The number of hydrogen-bond acceptors (Lipinski definition) is 3. The molecule has 5 nitrogen and oxygen atoms in total. The third-order valence-corrected chi connectivity index (χ3v) is 1.71. The highest BCUT2D eigenvalue weighted by atomic mass is 32.1. The van der Waals surface area contributed by atoms with Gasteiger partial charge in [-0.15, -0.1) is 5.53 Å². The van der Waals surface area contributed by atoms with Crippen molar-refractivity contribution in [2.45, 2.75) is 0 Å². The Bertz CT molecular complexity index is 236. The van der Waals surface area contributed by atoms with Crippen LogP contribution in [-0.2, 0) is 0 Å². The molecule has 0 aliphatic heterocycles. The summed E-state index contributed by atoms with van der Waals surface area (Å²) >= 11 is 1.42. The fourth-order valence-corrected chi connectivity index (χ4v) is 1.03. The first-order valence-electron chi connectivity index (χ1n) is 2.53. The monoisotopic (exact) mass is 155 g/mol. The van der Waals surface area contributed by atoms with Gasteiger partial charge in [-0.2, -0.15) is 9.92 Å². The van der Waals surface area contributed by atoms with Gasteiger partial charge in [0.1, 0.15) is 0 Å². The average molecular weight is 155 g/mol. The summed E-state index contributed by atoms with van der Waals surface area (Å²) < 4.78 is 0. The summed E-state index contributed by atoms with van der Waals surface area (Å²) in [7, 11) is 1.65. The smallest absolute Gasteiger partial charge is 0.207 e. The first-order chi connectivity index (χ1) is 4.84. The number of aromatic nitrogens is 1. The van der Waals surface area contributed by atoms with Crippen LogP contribution >= 0.6 is 11.3 Å². The Labute approximate surface area is 61.5 Å². The van der Waals surface area contributed by atoms with E-state index in [0.29, 0.717) is 5.13 Å². The number of nitrogens with zero attached hydrogens (tertiary/aromatic N) is 5. The molecule has 0 saturated carbocycles. The van der Waals surface area contributed by atoms with Crippen molar-refractivity contribution >= 4 is 16.5 Å². The van der Waals surface area contributed by atoms with Gasteiger partial charge in [-0.1, -0.05) is 11.3 Å². The zero-order valence-corrected chi connectivity index (χ0v) is 6.12. The van der Waals surface area contributed by atoms with Gasteiger partial charge < -0.3 is 0 Å². The molecule has 0 spiro atoms. The van der Waals surface area contributed by atoms with Crippen molar-refractivity contribution in [2.24, 2.45) is 5.22 Å². The third-order valence-electron chi connectivity index (χ3n) is 0.870. The van der Waals surface area contributed by atoms with Gasteiger partial charge in [-0.25, -0.2) is 4.98 Å². The molecular weight excluding hydrogens is 150 g/mol. The van der Waals surface area contributed by atoms with Crippen molar-refractivity contribution in [3.63, 3.8) is 0 Å². The van der Waals surface area contributed by atoms with Gasteiger partial charge in [0.05, 0.1) is 7.05 Å². The van der Waals surface area contributed by atoms with Crippen LogP contribution in [-0.4, -0.2) is 12.0 Å². The Kier molecular flexibility index (Phi) is 2.09. The molecule has 6 heteroatoms. The molecule has 0 amide bonds. The normalized spacial score (nSPS) is 8.50. The number of thiazole rings is 1. The van der Waals surface area contributed by atoms with Gasteiger partial charge in [-0.05, 0) is 5.22 Å². The first kappa shape index (κ1) is 6.85.